The van der Waals surface area contributed by atoms with Gasteiger partial charge >= 0.3 is 0 Å². The second-order valence-electron chi connectivity index (χ2n) is 5.14. The predicted molar refractivity (Wildman–Crippen MR) is 76.4 cm³/mol. The molecular weight excluding hydrogens is 206 g/mol. The van der Waals surface area contributed by atoms with Crippen molar-refractivity contribution in [3.05, 3.63) is 35.4 Å². The maximum atomic E-state index is 3.43. The topological polar surface area (TPSA) is 12.0 Å². The Bertz CT molecular complexity index is 302. The van der Waals surface area contributed by atoms with Crippen molar-refractivity contribution < 1.29 is 0 Å². The highest BCUT2D eigenvalue weighted by molar-refractivity contribution is 5.22. The van der Waals surface area contributed by atoms with Gasteiger partial charge in [0.1, 0.15) is 0 Å². The van der Waals surface area contributed by atoms with Crippen molar-refractivity contribution in [1.29, 1.82) is 0 Å². The first-order chi connectivity index (χ1) is 8.17. The van der Waals surface area contributed by atoms with E-state index in [1.54, 1.807) is 0 Å². The largest absolute Gasteiger partial charge is 0.317 e. The molecule has 1 N–H and O–H groups in total. The summed E-state index contributed by atoms with van der Waals surface area (Å²) in [6, 6.07) is 9.10. The summed E-state index contributed by atoms with van der Waals surface area (Å²) in [5.41, 5.74) is 2.90. The van der Waals surface area contributed by atoms with Crippen LogP contribution in [0.15, 0.2) is 24.3 Å². The van der Waals surface area contributed by atoms with Crippen molar-refractivity contribution in [3.8, 4) is 0 Å². The number of aryl methyl sites for hydroxylation is 1. The van der Waals surface area contributed by atoms with Gasteiger partial charge in [-0.15, -0.1) is 0 Å². The summed E-state index contributed by atoms with van der Waals surface area (Å²) in [7, 11) is 0. The molecule has 1 aromatic carbocycles. The summed E-state index contributed by atoms with van der Waals surface area (Å²) in [5.74, 6) is 1.47. The number of rotatable bonds is 7. The Morgan fingerprint density at radius 1 is 0.941 bits per heavy atom. The van der Waals surface area contributed by atoms with Crippen LogP contribution >= 0.6 is 0 Å². The fraction of sp³-hybridized carbons (Fsp3) is 0.625. The minimum atomic E-state index is 0.737. The Morgan fingerprint density at radius 3 is 2.06 bits per heavy atom. The number of benzene rings is 1. The highest BCUT2D eigenvalue weighted by atomic mass is 14.8. The Hall–Kier alpha value is -0.820. The number of hydrogen-bond acceptors (Lipinski definition) is 1. The molecular formula is C16H27N. The fourth-order valence-electron chi connectivity index (χ4n) is 2.06. The minimum absolute atomic E-state index is 0.737. The predicted octanol–water partition coefficient (Wildman–Crippen LogP) is 3.67. The van der Waals surface area contributed by atoms with Crippen molar-refractivity contribution in [2.75, 3.05) is 13.1 Å². The van der Waals surface area contributed by atoms with Crippen LogP contribution in [0.2, 0.25) is 0 Å². The van der Waals surface area contributed by atoms with Crippen molar-refractivity contribution >= 4 is 0 Å². The maximum absolute atomic E-state index is 3.43. The van der Waals surface area contributed by atoms with Gasteiger partial charge in [0.15, 0.2) is 0 Å². The summed E-state index contributed by atoms with van der Waals surface area (Å²) in [6.07, 6.45) is 2.32. The molecule has 1 nitrogen and oxygen atoms in total. The van der Waals surface area contributed by atoms with Crippen LogP contribution in [-0.4, -0.2) is 13.1 Å². The van der Waals surface area contributed by atoms with Crippen LogP contribution in [0.25, 0.3) is 0 Å². The molecule has 1 heteroatoms. The summed E-state index contributed by atoms with van der Waals surface area (Å²) in [5, 5.41) is 3.43. The third-order valence-corrected chi connectivity index (χ3v) is 3.68. The SMILES string of the molecule is CCNCC(C)C(C)Cc1ccc(CC)cc1. The average Bonchev–Trinajstić information content (AvgIpc) is 2.36. The normalized spacial score (nSPS) is 14.6. The zero-order chi connectivity index (χ0) is 12.7. The van der Waals surface area contributed by atoms with E-state index in [-0.39, 0.29) is 0 Å². The van der Waals surface area contributed by atoms with E-state index in [1.165, 1.54) is 17.5 Å². The maximum Gasteiger partial charge on any atom is -0.00206 e. The molecule has 0 aliphatic carbocycles. The first kappa shape index (κ1) is 14.2. The number of nitrogens with one attached hydrogen (secondary N) is 1. The summed E-state index contributed by atoms with van der Waals surface area (Å²) in [6.45, 7) is 11.3. The second kappa shape index (κ2) is 7.50. The Morgan fingerprint density at radius 2 is 1.53 bits per heavy atom. The van der Waals surface area contributed by atoms with E-state index in [4.69, 9.17) is 0 Å². The molecule has 17 heavy (non-hydrogen) atoms. The van der Waals surface area contributed by atoms with Gasteiger partial charge in [-0.3, -0.25) is 0 Å². The Labute approximate surface area is 107 Å². The van der Waals surface area contributed by atoms with E-state index in [0.29, 0.717) is 0 Å². The molecule has 0 bridgehead atoms. The van der Waals surface area contributed by atoms with Crippen molar-refractivity contribution in [3.63, 3.8) is 0 Å². The van der Waals surface area contributed by atoms with Crippen molar-refractivity contribution in [1.82, 2.24) is 5.32 Å². The van der Waals surface area contributed by atoms with Crippen LogP contribution in [-0.2, 0) is 12.8 Å². The molecule has 96 valence electrons. The van der Waals surface area contributed by atoms with Gasteiger partial charge in [0, 0.05) is 0 Å². The summed E-state index contributed by atoms with van der Waals surface area (Å²) >= 11 is 0. The van der Waals surface area contributed by atoms with Crippen LogP contribution < -0.4 is 5.32 Å². The third-order valence-electron chi connectivity index (χ3n) is 3.68. The quantitative estimate of drug-likeness (QED) is 0.757. The molecule has 0 fully saturated rings. The smallest absolute Gasteiger partial charge is 0.00206 e. The van der Waals surface area contributed by atoms with Gasteiger partial charge in [-0.2, -0.15) is 0 Å². The van der Waals surface area contributed by atoms with Crippen LogP contribution in [0.1, 0.15) is 38.8 Å². The van der Waals surface area contributed by atoms with E-state index in [2.05, 4.69) is 57.3 Å². The van der Waals surface area contributed by atoms with Crippen LogP contribution in [0.5, 0.6) is 0 Å². The van der Waals surface area contributed by atoms with Gasteiger partial charge in [0.2, 0.25) is 0 Å². The van der Waals surface area contributed by atoms with Crippen LogP contribution in [0.4, 0.5) is 0 Å². The van der Waals surface area contributed by atoms with E-state index < -0.39 is 0 Å². The fourth-order valence-corrected chi connectivity index (χ4v) is 2.06. The van der Waals surface area contributed by atoms with Gasteiger partial charge in [-0.25, -0.2) is 0 Å². The van der Waals surface area contributed by atoms with E-state index in [9.17, 15) is 0 Å². The lowest BCUT2D eigenvalue weighted by Gasteiger charge is -2.20. The Kier molecular flexibility index (Phi) is 6.28. The first-order valence-corrected chi connectivity index (χ1v) is 6.95. The highest BCUT2D eigenvalue weighted by Crippen LogP contribution is 2.17. The first-order valence-electron chi connectivity index (χ1n) is 6.95. The molecule has 0 aliphatic heterocycles. The average molecular weight is 233 g/mol. The monoisotopic (exact) mass is 233 g/mol. The van der Waals surface area contributed by atoms with Crippen molar-refractivity contribution in [2.24, 2.45) is 11.8 Å². The third kappa shape index (κ3) is 4.91. The standard InChI is InChI=1S/C16H27N/c1-5-15-7-9-16(10-8-15)11-13(3)14(4)12-17-6-2/h7-10,13-14,17H,5-6,11-12H2,1-4H3. The minimum Gasteiger partial charge on any atom is -0.317 e. The second-order valence-corrected chi connectivity index (χ2v) is 5.14. The molecule has 0 saturated carbocycles. The molecule has 0 heterocycles. The van der Waals surface area contributed by atoms with Gasteiger partial charge < -0.3 is 5.32 Å². The molecule has 2 atom stereocenters. The molecule has 1 aromatic rings. The molecule has 0 amide bonds. The molecule has 0 aromatic heterocycles. The van der Waals surface area contributed by atoms with Gasteiger partial charge in [-0.05, 0) is 48.9 Å². The van der Waals surface area contributed by atoms with Crippen LogP contribution in [0.3, 0.4) is 0 Å². The summed E-state index contributed by atoms with van der Waals surface area (Å²) < 4.78 is 0. The van der Waals surface area contributed by atoms with Gasteiger partial charge in [0.05, 0.1) is 0 Å². The zero-order valence-corrected chi connectivity index (χ0v) is 11.8. The zero-order valence-electron chi connectivity index (χ0n) is 11.8. The lowest BCUT2D eigenvalue weighted by atomic mass is 9.89. The number of hydrogen-bond donors (Lipinski definition) is 1. The molecule has 0 spiro atoms. The van der Waals surface area contributed by atoms with Crippen molar-refractivity contribution in [2.45, 2.75) is 40.5 Å². The van der Waals surface area contributed by atoms with E-state index >= 15 is 0 Å². The summed E-state index contributed by atoms with van der Waals surface area (Å²) in [4.78, 5) is 0. The Balaban J connectivity index is 2.46. The molecule has 0 saturated heterocycles. The molecule has 0 radical (unpaired) electrons. The molecule has 0 aliphatic rings. The lowest BCUT2D eigenvalue weighted by Crippen LogP contribution is -2.25. The highest BCUT2D eigenvalue weighted by Gasteiger charge is 2.12. The van der Waals surface area contributed by atoms with Crippen LogP contribution in [0, 0.1) is 11.8 Å². The van der Waals surface area contributed by atoms with E-state index in [0.717, 1.165) is 31.3 Å². The van der Waals surface area contributed by atoms with E-state index in [1.807, 2.05) is 0 Å². The molecule has 1 rings (SSSR count). The lowest BCUT2D eigenvalue weighted by molar-refractivity contribution is 0.368. The van der Waals surface area contributed by atoms with Gasteiger partial charge in [-0.1, -0.05) is 52.0 Å². The molecule has 2 unspecified atom stereocenters. The van der Waals surface area contributed by atoms with Gasteiger partial charge in [0.25, 0.3) is 0 Å².